The molecule has 0 aliphatic carbocycles. The van der Waals surface area contributed by atoms with E-state index in [0.29, 0.717) is 16.2 Å². The number of hydrogen-bond donors (Lipinski definition) is 0. The lowest BCUT2D eigenvalue weighted by Gasteiger charge is -2.00. The first-order chi connectivity index (χ1) is 8.08. The third kappa shape index (κ3) is 1.43. The fourth-order valence-electron chi connectivity index (χ4n) is 1.85. The molecule has 17 heavy (non-hydrogen) atoms. The number of fused-ring (bicyclic) bond motifs is 3. The minimum Gasteiger partial charge on any atom is -0.824 e. The van der Waals surface area contributed by atoms with Gasteiger partial charge < -0.3 is 5.11 Å². The summed E-state index contributed by atoms with van der Waals surface area (Å²) in [7, 11) is 1.68. The van der Waals surface area contributed by atoms with Crippen LogP contribution in [0.2, 0.25) is 10.3 Å². The van der Waals surface area contributed by atoms with Crippen molar-refractivity contribution in [1.82, 2.24) is 14.8 Å². The monoisotopic (exact) mass is 268 g/mol. The maximum Gasteiger partial charge on any atom is 0.309 e. The Morgan fingerprint density at radius 2 is 2.12 bits per heavy atom. The van der Waals surface area contributed by atoms with Crippen LogP contribution >= 0.6 is 23.2 Å². The SMILES string of the molecule is Cn1nc([O-])[n+]2c(Cl)nc3cc(Cl)ccc3c12. The third-order valence-electron chi connectivity index (χ3n) is 2.54. The smallest absolute Gasteiger partial charge is 0.309 e. The van der Waals surface area contributed by atoms with E-state index < -0.39 is 6.01 Å². The van der Waals surface area contributed by atoms with Gasteiger partial charge in [-0.15, -0.1) is 9.67 Å². The van der Waals surface area contributed by atoms with Crippen molar-refractivity contribution in [3.05, 3.63) is 28.5 Å². The van der Waals surface area contributed by atoms with Crippen molar-refractivity contribution < 1.29 is 9.51 Å². The molecule has 3 rings (SSSR count). The van der Waals surface area contributed by atoms with E-state index in [0.717, 1.165) is 5.39 Å². The molecule has 0 aliphatic rings. The Morgan fingerprint density at radius 1 is 1.35 bits per heavy atom. The Morgan fingerprint density at radius 3 is 2.88 bits per heavy atom. The number of aryl methyl sites for hydroxylation is 1. The molecule has 0 unspecified atom stereocenters. The third-order valence-corrected chi connectivity index (χ3v) is 3.03. The highest BCUT2D eigenvalue weighted by atomic mass is 35.5. The molecule has 0 aliphatic heterocycles. The minimum atomic E-state index is -0.447. The molecule has 1 aromatic carbocycles. The molecule has 86 valence electrons. The van der Waals surface area contributed by atoms with E-state index in [1.165, 1.54) is 9.08 Å². The summed E-state index contributed by atoms with van der Waals surface area (Å²) in [5, 5.41) is 16.8. The van der Waals surface area contributed by atoms with Crippen molar-refractivity contribution in [2.75, 3.05) is 0 Å². The minimum absolute atomic E-state index is 0.0767. The van der Waals surface area contributed by atoms with E-state index >= 15 is 0 Å². The molecule has 0 bridgehead atoms. The summed E-state index contributed by atoms with van der Waals surface area (Å²) in [5.74, 6) is 0. The van der Waals surface area contributed by atoms with Crippen LogP contribution < -0.4 is 9.51 Å². The van der Waals surface area contributed by atoms with Gasteiger partial charge in [-0.3, -0.25) is 0 Å². The fourth-order valence-corrected chi connectivity index (χ4v) is 2.26. The quantitative estimate of drug-likeness (QED) is 0.453. The normalized spacial score (nSPS) is 11.5. The average Bonchev–Trinajstić information content (AvgIpc) is 2.55. The van der Waals surface area contributed by atoms with E-state index in [1.807, 2.05) is 0 Å². The van der Waals surface area contributed by atoms with Gasteiger partial charge in [0.15, 0.2) is 0 Å². The van der Waals surface area contributed by atoms with E-state index in [9.17, 15) is 5.11 Å². The molecule has 7 heteroatoms. The molecular weight excluding hydrogens is 263 g/mol. The van der Waals surface area contributed by atoms with Crippen LogP contribution in [0.3, 0.4) is 0 Å². The molecule has 0 radical (unpaired) electrons. The van der Waals surface area contributed by atoms with Gasteiger partial charge >= 0.3 is 5.28 Å². The number of aromatic nitrogens is 4. The lowest BCUT2D eigenvalue weighted by Crippen LogP contribution is -2.27. The number of rotatable bonds is 0. The number of halogens is 2. The molecule has 5 nitrogen and oxygen atoms in total. The highest BCUT2D eigenvalue weighted by molar-refractivity contribution is 6.31. The zero-order chi connectivity index (χ0) is 12.2. The van der Waals surface area contributed by atoms with Gasteiger partial charge in [0.1, 0.15) is 5.52 Å². The lowest BCUT2D eigenvalue weighted by molar-refractivity contribution is -0.586. The van der Waals surface area contributed by atoms with Gasteiger partial charge in [-0.05, 0) is 34.9 Å². The van der Waals surface area contributed by atoms with E-state index in [4.69, 9.17) is 23.2 Å². The number of nitrogens with zero attached hydrogens (tertiary/aromatic N) is 4. The van der Waals surface area contributed by atoms with Crippen LogP contribution in [0.4, 0.5) is 0 Å². The Balaban J connectivity index is 2.63. The van der Waals surface area contributed by atoms with Crippen molar-refractivity contribution in [1.29, 1.82) is 0 Å². The largest absolute Gasteiger partial charge is 0.824 e. The molecule has 2 heterocycles. The predicted octanol–water partition coefficient (Wildman–Crippen LogP) is 1.09. The van der Waals surface area contributed by atoms with Crippen molar-refractivity contribution in [2.45, 2.75) is 0 Å². The molecule has 0 atom stereocenters. The summed E-state index contributed by atoms with van der Waals surface area (Å²) in [6, 6.07) is 4.77. The van der Waals surface area contributed by atoms with Crippen molar-refractivity contribution >= 4 is 39.8 Å². The summed E-state index contributed by atoms with van der Waals surface area (Å²) >= 11 is 11.9. The molecule has 3 aromatic rings. The summed E-state index contributed by atoms with van der Waals surface area (Å²) in [4.78, 5) is 4.13. The average molecular weight is 269 g/mol. The molecule has 0 saturated carbocycles. The highest BCUT2D eigenvalue weighted by Crippen LogP contribution is 2.22. The molecule has 2 aromatic heterocycles. The summed E-state index contributed by atoms with van der Waals surface area (Å²) in [5.41, 5.74) is 1.23. The van der Waals surface area contributed by atoms with Gasteiger partial charge in [0, 0.05) is 5.02 Å². The Kier molecular flexibility index (Phi) is 2.14. The van der Waals surface area contributed by atoms with Crippen molar-refractivity contribution in [3.8, 4) is 6.01 Å². The zero-order valence-electron chi connectivity index (χ0n) is 8.69. The van der Waals surface area contributed by atoms with Crippen LogP contribution in [0.1, 0.15) is 0 Å². The molecule has 0 saturated heterocycles. The first-order valence-electron chi connectivity index (χ1n) is 4.78. The molecule has 0 N–H and O–H groups in total. The van der Waals surface area contributed by atoms with Crippen molar-refractivity contribution in [3.63, 3.8) is 0 Å². The van der Waals surface area contributed by atoms with E-state index in [1.54, 1.807) is 25.2 Å². The summed E-state index contributed by atoms with van der Waals surface area (Å²) in [6.45, 7) is 0. The van der Waals surface area contributed by atoms with Gasteiger partial charge in [0.25, 0.3) is 0 Å². The van der Waals surface area contributed by atoms with Gasteiger partial charge in [-0.1, -0.05) is 11.6 Å². The van der Waals surface area contributed by atoms with E-state index in [2.05, 4.69) is 10.1 Å². The second kappa shape index (κ2) is 3.45. The molecule has 0 amide bonds. The van der Waals surface area contributed by atoms with Gasteiger partial charge in [-0.2, -0.15) is 4.40 Å². The molecule has 0 spiro atoms. The number of hydrogen-bond acceptors (Lipinski definition) is 3. The maximum atomic E-state index is 11.6. The second-order valence-electron chi connectivity index (χ2n) is 3.61. The molecular formula is C10H6Cl2N4O. The van der Waals surface area contributed by atoms with Gasteiger partial charge in [0.2, 0.25) is 11.7 Å². The van der Waals surface area contributed by atoms with Gasteiger partial charge in [-0.25, -0.2) is 0 Å². The first-order valence-corrected chi connectivity index (χ1v) is 5.54. The molecule has 0 fully saturated rings. The number of benzene rings is 1. The topological polar surface area (TPSA) is 57.9 Å². The van der Waals surface area contributed by atoms with E-state index in [-0.39, 0.29) is 5.28 Å². The van der Waals surface area contributed by atoms with Crippen LogP contribution in [0.25, 0.3) is 16.6 Å². The summed E-state index contributed by atoms with van der Waals surface area (Å²) < 4.78 is 2.74. The Hall–Kier alpha value is -1.59. The van der Waals surface area contributed by atoms with Crippen molar-refractivity contribution in [2.24, 2.45) is 7.05 Å². The lowest BCUT2D eigenvalue weighted by atomic mass is 10.2. The van der Waals surface area contributed by atoms with Crippen LogP contribution in [0.15, 0.2) is 18.2 Å². The maximum absolute atomic E-state index is 11.6. The zero-order valence-corrected chi connectivity index (χ0v) is 10.2. The van der Waals surface area contributed by atoms with Crippen LogP contribution in [0, 0.1) is 0 Å². The van der Waals surface area contributed by atoms with Crippen LogP contribution in [-0.4, -0.2) is 14.8 Å². The standard InChI is InChI=1S/C10H6Cl2N4O/c1-15-8-6-3-2-5(11)4-7(6)13-9(12)16(8)10(17)14-15/h2-4H,1H3. The van der Waals surface area contributed by atoms with Gasteiger partial charge in [0.05, 0.1) is 12.4 Å². The predicted molar refractivity (Wildman–Crippen MR) is 61.1 cm³/mol. The summed E-state index contributed by atoms with van der Waals surface area (Å²) in [6.07, 6.45) is 0. The van der Waals surface area contributed by atoms with Crippen LogP contribution in [-0.2, 0) is 7.05 Å². The Bertz CT molecular complexity index is 753. The second-order valence-corrected chi connectivity index (χ2v) is 4.38. The fraction of sp³-hybridized carbons (Fsp3) is 0.100. The Labute approximate surface area is 106 Å². The first kappa shape index (κ1) is 10.6. The van der Waals surface area contributed by atoms with Crippen LogP contribution in [0.5, 0.6) is 6.01 Å². The highest BCUT2D eigenvalue weighted by Gasteiger charge is 2.18.